The molecule has 5 heteroatoms. The van der Waals surface area contributed by atoms with Crippen molar-refractivity contribution in [3.63, 3.8) is 0 Å². The molecule has 0 saturated carbocycles. The summed E-state index contributed by atoms with van der Waals surface area (Å²) in [6.07, 6.45) is 0. The SMILES string of the molecule is Cc1cc(Br)cc(NC(C#N)=C(C#N)C#N)c1C. The minimum absolute atomic E-state index is 0.0411. The minimum Gasteiger partial charge on any atom is -0.345 e. The van der Waals surface area contributed by atoms with Crippen LogP contribution in [0.3, 0.4) is 0 Å². The third-order valence-corrected chi connectivity index (χ3v) is 2.94. The molecule has 0 heterocycles. The van der Waals surface area contributed by atoms with E-state index in [1.165, 1.54) is 0 Å². The van der Waals surface area contributed by atoms with E-state index in [2.05, 4.69) is 21.2 Å². The lowest BCUT2D eigenvalue weighted by atomic mass is 10.1. The van der Waals surface area contributed by atoms with Crippen molar-refractivity contribution in [1.82, 2.24) is 0 Å². The van der Waals surface area contributed by atoms with Crippen molar-refractivity contribution in [1.29, 1.82) is 15.8 Å². The van der Waals surface area contributed by atoms with Gasteiger partial charge in [-0.1, -0.05) is 15.9 Å². The molecule has 1 aromatic rings. The summed E-state index contributed by atoms with van der Waals surface area (Å²) >= 11 is 3.36. The van der Waals surface area contributed by atoms with Crippen LogP contribution in [0.25, 0.3) is 0 Å². The van der Waals surface area contributed by atoms with E-state index in [4.69, 9.17) is 15.8 Å². The van der Waals surface area contributed by atoms with E-state index in [9.17, 15) is 0 Å². The van der Waals surface area contributed by atoms with E-state index in [1.807, 2.05) is 26.0 Å². The lowest BCUT2D eigenvalue weighted by molar-refractivity contribution is 1.29. The quantitative estimate of drug-likeness (QED) is 0.849. The van der Waals surface area contributed by atoms with Crippen LogP contribution in [-0.2, 0) is 0 Å². The highest BCUT2D eigenvalue weighted by Crippen LogP contribution is 2.26. The number of hydrogen-bond acceptors (Lipinski definition) is 4. The van der Waals surface area contributed by atoms with E-state index in [1.54, 1.807) is 18.2 Å². The van der Waals surface area contributed by atoms with E-state index in [0.29, 0.717) is 5.69 Å². The van der Waals surface area contributed by atoms with Gasteiger partial charge in [0, 0.05) is 10.2 Å². The van der Waals surface area contributed by atoms with Crippen LogP contribution >= 0.6 is 15.9 Å². The van der Waals surface area contributed by atoms with Gasteiger partial charge in [-0.05, 0) is 37.1 Å². The van der Waals surface area contributed by atoms with E-state index >= 15 is 0 Å². The fraction of sp³-hybridized carbons (Fsp3) is 0.154. The predicted molar refractivity (Wildman–Crippen MR) is 71.1 cm³/mol. The Bertz CT molecular complexity index is 623. The fourth-order valence-electron chi connectivity index (χ4n) is 1.36. The number of halogens is 1. The van der Waals surface area contributed by atoms with Crippen LogP contribution in [0.2, 0.25) is 0 Å². The van der Waals surface area contributed by atoms with E-state index in [0.717, 1.165) is 15.6 Å². The summed E-state index contributed by atoms with van der Waals surface area (Å²) < 4.78 is 0.862. The first-order valence-electron chi connectivity index (χ1n) is 5.01. The Labute approximate surface area is 114 Å². The van der Waals surface area contributed by atoms with Gasteiger partial charge in [0.25, 0.3) is 0 Å². The predicted octanol–water partition coefficient (Wildman–Crippen LogP) is 3.30. The Balaban J connectivity index is 3.30. The molecular weight excluding hydrogens is 292 g/mol. The van der Waals surface area contributed by atoms with Crippen molar-refractivity contribution in [3.8, 4) is 18.2 Å². The average Bonchev–Trinajstić information content (AvgIpc) is 2.35. The Hall–Kier alpha value is -2.29. The highest BCUT2D eigenvalue weighted by molar-refractivity contribution is 9.10. The number of hydrogen-bond donors (Lipinski definition) is 1. The first-order valence-corrected chi connectivity index (χ1v) is 5.81. The van der Waals surface area contributed by atoms with Crippen molar-refractivity contribution < 1.29 is 0 Å². The maximum absolute atomic E-state index is 8.97. The third kappa shape index (κ3) is 2.88. The number of rotatable bonds is 2. The molecule has 18 heavy (non-hydrogen) atoms. The fourth-order valence-corrected chi connectivity index (χ4v) is 1.94. The van der Waals surface area contributed by atoms with Gasteiger partial charge in [-0.15, -0.1) is 0 Å². The second-order valence-electron chi connectivity index (χ2n) is 3.61. The van der Waals surface area contributed by atoms with Crippen LogP contribution in [0.15, 0.2) is 27.9 Å². The Kier molecular flexibility index (Phi) is 4.49. The molecule has 0 radical (unpaired) electrons. The molecule has 1 rings (SSSR count). The van der Waals surface area contributed by atoms with Gasteiger partial charge in [-0.25, -0.2) is 0 Å². The summed E-state index contributed by atoms with van der Waals surface area (Å²) in [6.45, 7) is 3.84. The highest BCUT2D eigenvalue weighted by atomic mass is 79.9. The second kappa shape index (κ2) is 5.87. The van der Waals surface area contributed by atoms with E-state index in [-0.39, 0.29) is 11.3 Å². The Morgan fingerprint density at radius 3 is 2.22 bits per heavy atom. The number of nitrogens with one attached hydrogen (secondary N) is 1. The molecule has 0 unspecified atom stereocenters. The van der Waals surface area contributed by atoms with Crippen molar-refractivity contribution >= 4 is 21.6 Å². The van der Waals surface area contributed by atoms with Gasteiger partial charge in [-0.3, -0.25) is 0 Å². The second-order valence-corrected chi connectivity index (χ2v) is 4.52. The molecule has 0 fully saturated rings. The minimum atomic E-state index is -0.227. The van der Waals surface area contributed by atoms with Crippen molar-refractivity contribution in [2.45, 2.75) is 13.8 Å². The highest BCUT2D eigenvalue weighted by Gasteiger charge is 2.09. The summed E-state index contributed by atoms with van der Waals surface area (Å²) in [5, 5.41) is 29.3. The maximum Gasteiger partial charge on any atom is 0.163 e. The summed E-state index contributed by atoms with van der Waals surface area (Å²) in [5.41, 5.74) is 2.43. The van der Waals surface area contributed by atoms with Gasteiger partial charge in [0.1, 0.15) is 23.9 Å². The van der Waals surface area contributed by atoms with Gasteiger partial charge in [-0.2, -0.15) is 15.8 Å². The molecule has 0 saturated heterocycles. The van der Waals surface area contributed by atoms with Gasteiger partial charge in [0.2, 0.25) is 0 Å². The van der Waals surface area contributed by atoms with Gasteiger partial charge in [0.05, 0.1) is 0 Å². The number of nitriles is 3. The molecule has 4 nitrogen and oxygen atoms in total. The lowest BCUT2D eigenvalue weighted by Crippen LogP contribution is -2.03. The van der Waals surface area contributed by atoms with Gasteiger partial charge in [0.15, 0.2) is 5.57 Å². The smallest absolute Gasteiger partial charge is 0.163 e. The van der Waals surface area contributed by atoms with Crippen LogP contribution in [-0.4, -0.2) is 0 Å². The monoisotopic (exact) mass is 300 g/mol. The molecule has 0 spiro atoms. The van der Waals surface area contributed by atoms with Crippen molar-refractivity contribution in [2.75, 3.05) is 5.32 Å². The topological polar surface area (TPSA) is 83.4 Å². The zero-order valence-electron chi connectivity index (χ0n) is 9.87. The number of aryl methyl sites for hydroxylation is 1. The molecule has 0 aliphatic carbocycles. The molecule has 1 aromatic carbocycles. The molecule has 0 aliphatic heterocycles. The molecule has 0 aromatic heterocycles. The van der Waals surface area contributed by atoms with Crippen LogP contribution < -0.4 is 5.32 Å². The third-order valence-electron chi connectivity index (χ3n) is 2.48. The Morgan fingerprint density at radius 2 is 1.72 bits per heavy atom. The first kappa shape index (κ1) is 13.8. The Morgan fingerprint density at radius 1 is 1.11 bits per heavy atom. The normalized spacial score (nSPS) is 8.67. The molecule has 0 aliphatic rings. The van der Waals surface area contributed by atoms with Crippen molar-refractivity contribution in [3.05, 3.63) is 39.0 Å². The summed E-state index contributed by atoms with van der Waals surface area (Å²) in [4.78, 5) is 0. The standard InChI is InChI=1S/C13H9BrN4/c1-8-3-11(14)4-12(9(8)2)18-13(7-17)10(5-15)6-16/h3-4,18H,1-2H3. The van der Waals surface area contributed by atoms with Gasteiger partial charge < -0.3 is 5.32 Å². The van der Waals surface area contributed by atoms with Crippen LogP contribution in [0.1, 0.15) is 11.1 Å². The average molecular weight is 301 g/mol. The lowest BCUT2D eigenvalue weighted by Gasteiger charge is -2.11. The molecular formula is C13H9BrN4. The molecule has 1 N–H and O–H groups in total. The number of benzene rings is 1. The number of nitrogens with zero attached hydrogens (tertiary/aromatic N) is 3. The summed E-state index contributed by atoms with van der Waals surface area (Å²) in [5.74, 6) is 0. The van der Waals surface area contributed by atoms with Gasteiger partial charge >= 0.3 is 0 Å². The van der Waals surface area contributed by atoms with E-state index < -0.39 is 0 Å². The van der Waals surface area contributed by atoms with Crippen molar-refractivity contribution in [2.24, 2.45) is 0 Å². The molecule has 0 amide bonds. The van der Waals surface area contributed by atoms with Crippen LogP contribution in [0, 0.1) is 47.8 Å². The zero-order chi connectivity index (χ0) is 13.7. The number of anilines is 1. The molecule has 88 valence electrons. The maximum atomic E-state index is 8.97. The first-order chi connectivity index (χ1) is 8.53. The van der Waals surface area contributed by atoms with Crippen LogP contribution in [0.4, 0.5) is 5.69 Å². The van der Waals surface area contributed by atoms with Crippen LogP contribution in [0.5, 0.6) is 0 Å². The summed E-state index contributed by atoms with van der Waals surface area (Å²) in [7, 11) is 0. The largest absolute Gasteiger partial charge is 0.345 e. The molecule has 0 atom stereocenters. The summed E-state index contributed by atoms with van der Waals surface area (Å²) in [6, 6.07) is 8.96. The molecule has 0 bridgehead atoms. The zero-order valence-corrected chi connectivity index (χ0v) is 11.5. The number of allylic oxidation sites excluding steroid dienone is 2.